The van der Waals surface area contributed by atoms with E-state index in [0.29, 0.717) is 13.2 Å². The number of amides is 1. The van der Waals surface area contributed by atoms with Crippen LogP contribution in [-0.4, -0.2) is 37.1 Å². The van der Waals surface area contributed by atoms with Crippen molar-refractivity contribution in [2.45, 2.75) is 25.9 Å². The zero-order chi connectivity index (χ0) is 12.8. The minimum absolute atomic E-state index is 0.0421. The molecule has 0 saturated carbocycles. The topological polar surface area (TPSA) is 55.6 Å². The lowest BCUT2D eigenvalue weighted by atomic mass is 10.2. The monoisotopic (exact) mass is 256 g/mol. The third-order valence-electron chi connectivity index (χ3n) is 2.56. The largest absolute Gasteiger partial charge is 0.383 e. The van der Waals surface area contributed by atoms with Crippen molar-refractivity contribution in [2.24, 2.45) is 5.73 Å². The van der Waals surface area contributed by atoms with Crippen LogP contribution in [0.15, 0.2) is 17.5 Å². The molecule has 17 heavy (non-hydrogen) atoms. The molecule has 1 amide bonds. The lowest BCUT2D eigenvalue weighted by Crippen LogP contribution is -2.44. The van der Waals surface area contributed by atoms with Crippen LogP contribution in [0.1, 0.15) is 24.8 Å². The van der Waals surface area contributed by atoms with Crippen molar-refractivity contribution in [1.29, 1.82) is 0 Å². The molecule has 0 spiro atoms. The maximum Gasteiger partial charge on any atom is 0.245 e. The Morgan fingerprint density at radius 2 is 2.29 bits per heavy atom. The summed E-state index contributed by atoms with van der Waals surface area (Å²) < 4.78 is 5.01. The second kappa shape index (κ2) is 6.74. The summed E-state index contributed by atoms with van der Waals surface area (Å²) in [5.41, 5.74) is 5.97. The van der Waals surface area contributed by atoms with Crippen LogP contribution in [0, 0.1) is 0 Å². The number of rotatable bonds is 6. The Labute approximate surface area is 106 Å². The predicted molar refractivity (Wildman–Crippen MR) is 70.0 cm³/mol. The fraction of sp³-hybridized carbons (Fsp3) is 0.583. The smallest absolute Gasteiger partial charge is 0.245 e. The molecule has 0 aliphatic carbocycles. The average molecular weight is 256 g/mol. The van der Waals surface area contributed by atoms with Gasteiger partial charge in [-0.1, -0.05) is 6.07 Å². The first-order valence-corrected chi connectivity index (χ1v) is 6.54. The van der Waals surface area contributed by atoms with Crippen molar-refractivity contribution in [1.82, 2.24) is 4.90 Å². The van der Waals surface area contributed by atoms with Crippen LogP contribution in [0.2, 0.25) is 0 Å². The molecule has 0 bridgehead atoms. The molecule has 0 saturated heterocycles. The molecule has 0 radical (unpaired) electrons. The summed E-state index contributed by atoms with van der Waals surface area (Å²) >= 11 is 1.51. The van der Waals surface area contributed by atoms with Gasteiger partial charge in [-0.15, -0.1) is 11.3 Å². The molecule has 1 unspecified atom stereocenters. The van der Waals surface area contributed by atoms with Gasteiger partial charge in [-0.3, -0.25) is 4.79 Å². The third-order valence-corrected chi connectivity index (χ3v) is 3.51. The SMILES string of the molecule is COCCN(C(=O)C(N)c1cccs1)C(C)C. The van der Waals surface area contributed by atoms with Crippen molar-refractivity contribution >= 4 is 17.2 Å². The highest BCUT2D eigenvalue weighted by atomic mass is 32.1. The maximum absolute atomic E-state index is 12.2. The Balaban J connectivity index is 2.70. The minimum Gasteiger partial charge on any atom is -0.383 e. The number of thiophene rings is 1. The van der Waals surface area contributed by atoms with Gasteiger partial charge in [0.25, 0.3) is 0 Å². The van der Waals surface area contributed by atoms with Gasteiger partial charge >= 0.3 is 0 Å². The van der Waals surface area contributed by atoms with Crippen molar-refractivity contribution in [2.75, 3.05) is 20.3 Å². The zero-order valence-electron chi connectivity index (χ0n) is 10.6. The van der Waals surface area contributed by atoms with E-state index < -0.39 is 6.04 Å². The van der Waals surface area contributed by atoms with Crippen LogP contribution in [0.3, 0.4) is 0 Å². The summed E-state index contributed by atoms with van der Waals surface area (Å²) in [5.74, 6) is -0.0421. The molecule has 1 aromatic heterocycles. The van der Waals surface area contributed by atoms with Gasteiger partial charge < -0.3 is 15.4 Å². The molecule has 1 aromatic rings. The molecule has 4 nitrogen and oxygen atoms in total. The molecule has 0 fully saturated rings. The molecule has 2 N–H and O–H groups in total. The molecular weight excluding hydrogens is 236 g/mol. The van der Waals surface area contributed by atoms with E-state index in [4.69, 9.17) is 10.5 Å². The van der Waals surface area contributed by atoms with Gasteiger partial charge in [0.05, 0.1) is 6.61 Å². The second-order valence-electron chi connectivity index (χ2n) is 4.11. The predicted octanol–water partition coefficient (Wildman–Crippen LogP) is 1.63. The van der Waals surface area contributed by atoms with Gasteiger partial charge in [0.1, 0.15) is 6.04 Å². The van der Waals surface area contributed by atoms with E-state index in [1.807, 2.05) is 31.4 Å². The number of hydrogen-bond acceptors (Lipinski definition) is 4. The normalized spacial score (nSPS) is 12.8. The Morgan fingerprint density at radius 3 is 2.76 bits per heavy atom. The Hall–Kier alpha value is -0.910. The lowest BCUT2D eigenvalue weighted by Gasteiger charge is -2.28. The van der Waals surface area contributed by atoms with Crippen LogP contribution < -0.4 is 5.73 Å². The highest BCUT2D eigenvalue weighted by Gasteiger charge is 2.24. The first-order chi connectivity index (χ1) is 8.07. The van der Waals surface area contributed by atoms with E-state index in [9.17, 15) is 4.79 Å². The van der Waals surface area contributed by atoms with Crippen molar-refractivity contribution in [3.63, 3.8) is 0 Å². The second-order valence-corrected chi connectivity index (χ2v) is 5.09. The molecule has 1 atom stereocenters. The first-order valence-electron chi connectivity index (χ1n) is 5.66. The summed E-state index contributed by atoms with van der Waals surface area (Å²) in [6, 6.07) is 3.36. The molecule has 96 valence electrons. The summed E-state index contributed by atoms with van der Waals surface area (Å²) in [5, 5.41) is 1.93. The highest BCUT2D eigenvalue weighted by molar-refractivity contribution is 7.10. The van der Waals surface area contributed by atoms with Gasteiger partial charge in [0.15, 0.2) is 0 Å². The minimum atomic E-state index is -0.561. The number of ether oxygens (including phenoxy) is 1. The molecule has 1 heterocycles. The summed E-state index contributed by atoms with van der Waals surface area (Å²) in [7, 11) is 1.63. The van der Waals surface area contributed by atoms with Gasteiger partial charge in [0.2, 0.25) is 5.91 Å². The fourth-order valence-electron chi connectivity index (χ4n) is 1.58. The fourth-order valence-corrected chi connectivity index (χ4v) is 2.30. The number of nitrogens with zero attached hydrogens (tertiary/aromatic N) is 1. The number of carbonyl (C=O) groups is 1. The summed E-state index contributed by atoms with van der Waals surface area (Å²) in [4.78, 5) is 14.9. The van der Waals surface area contributed by atoms with E-state index in [0.717, 1.165) is 4.88 Å². The Morgan fingerprint density at radius 1 is 1.59 bits per heavy atom. The molecule has 1 rings (SSSR count). The van der Waals surface area contributed by atoms with Crippen molar-refractivity contribution < 1.29 is 9.53 Å². The van der Waals surface area contributed by atoms with Crippen LogP contribution >= 0.6 is 11.3 Å². The number of nitrogens with two attached hydrogens (primary N) is 1. The molecule has 5 heteroatoms. The molecular formula is C12H20N2O2S. The maximum atomic E-state index is 12.2. The van der Waals surface area contributed by atoms with Gasteiger partial charge in [-0.2, -0.15) is 0 Å². The third kappa shape index (κ3) is 3.80. The molecule has 0 aromatic carbocycles. The number of methoxy groups -OCH3 is 1. The summed E-state index contributed by atoms with van der Waals surface area (Å²) in [6.07, 6.45) is 0. The van der Waals surface area contributed by atoms with Crippen LogP contribution in [0.5, 0.6) is 0 Å². The highest BCUT2D eigenvalue weighted by Crippen LogP contribution is 2.19. The van der Waals surface area contributed by atoms with E-state index in [1.165, 1.54) is 11.3 Å². The Bertz CT molecular complexity index is 338. The van der Waals surface area contributed by atoms with E-state index in [-0.39, 0.29) is 11.9 Å². The van der Waals surface area contributed by atoms with Gasteiger partial charge in [-0.25, -0.2) is 0 Å². The van der Waals surface area contributed by atoms with Crippen LogP contribution in [0.25, 0.3) is 0 Å². The Kier molecular flexibility index (Phi) is 5.61. The van der Waals surface area contributed by atoms with Gasteiger partial charge in [0, 0.05) is 24.6 Å². The first kappa shape index (κ1) is 14.2. The van der Waals surface area contributed by atoms with Crippen molar-refractivity contribution in [3.05, 3.63) is 22.4 Å². The quantitative estimate of drug-likeness (QED) is 0.841. The zero-order valence-corrected chi connectivity index (χ0v) is 11.4. The lowest BCUT2D eigenvalue weighted by molar-refractivity contribution is -0.135. The van der Waals surface area contributed by atoms with Crippen LogP contribution in [-0.2, 0) is 9.53 Å². The van der Waals surface area contributed by atoms with E-state index >= 15 is 0 Å². The molecule has 0 aliphatic rings. The summed E-state index contributed by atoms with van der Waals surface area (Å²) in [6.45, 7) is 5.07. The van der Waals surface area contributed by atoms with E-state index in [1.54, 1.807) is 12.0 Å². The van der Waals surface area contributed by atoms with Gasteiger partial charge in [-0.05, 0) is 25.3 Å². The van der Waals surface area contributed by atoms with E-state index in [2.05, 4.69) is 0 Å². The number of carbonyl (C=O) groups excluding carboxylic acids is 1. The standard InChI is InChI=1S/C12H20N2O2S/c1-9(2)14(6-7-16-3)12(15)11(13)10-5-4-8-17-10/h4-5,8-9,11H,6-7,13H2,1-3H3. The molecule has 0 aliphatic heterocycles. The average Bonchev–Trinajstić information content (AvgIpc) is 2.81. The van der Waals surface area contributed by atoms with Crippen LogP contribution in [0.4, 0.5) is 0 Å². The van der Waals surface area contributed by atoms with Crippen molar-refractivity contribution in [3.8, 4) is 0 Å². The number of hydrogen-bond donors (Lipinski definition) is 1.